The van der Waals surface area contributed by atoms with Crippen molar-refractivity contribution in [1.29, 1.82) is 0 Å². The highest BCUT2D eigenvalue weighted by Crippen LogP contribution is 2.24. The minimum atomic E-state index is 0.169. The molecule has 2 aromatic rings. The Hall–Kier alpha value is -1.65. The van der Waals surface area contributed by atoms with Crippen LogP contribution in [0, 0.1) is 13.8 Å². The highest BCUT2D eigenvalue weighted by atomic mass is 32.1. The second-order valence-electron chi connectivity index (χ2n) is 6.78. The molecule has 1 aliphatic heterocycles. The van der Waals surface area contributed by atoms with Crippen molar-refractivity contribution in [2.45, 2.75) is 39.3 Å². The van der Waals surface area contributed by atoms with Crippen LogP contribution in [0.4, 0.5) is 0 Å². The van der Waals surface area contributed by atoms with Crippen LogP contribution in [-0.2, 0) is 6.54 Å². The van der Waals surface area contributed by atoms with Gasteiger partial charge in [0, 0.05) is 31.1 Å². The van der Waals surface area contributed by atoms with Crippen LogP contribution < -0.4 is 0 Å². The highest BCUT2D eigenvalue weighted by Gasteiger charge is 2.27. The number of amides is 1. The molecular formula is C20H26N2OS. The van der Waals surface area contributed by atoms with Crippen LogP contribution in [0.15, 0.2) is 36.4 Å². The van der Waals surface area contributed by atoms with E-state index in [1.165, 1.54) is 16.0 Å². The molecule has 1 fully saturated rings. The van der Waals surface area contributed by atoms with E-state index in [9.17, 15) is 4.79 Å². The Bertz CT molecular complexity index is 675. The molecule has 1 saturated heterocycles. The number of benzene rings is 1. The maximum absolute atomic E-state index is 12.8. The average molecular weight is 343 g/mol. The van der Waals surface area contributed by atoms with Gasteiger partial charge in [0.25, 0.3) is 5.91 Å². The molecule has 3 nitrogen and oxygen atoms in total. The Morgan fingerprint density at radius 1 is 1.29 bits per heavy atom. The molecule has 1 aromatic heterocycles. The monoisotopic (exact) mass is 342 g/mol. The van der Waals surface area contributed by atoms with E-state index in [-0.39, 0.29) is 5.91 Å². The molecule has 1 aromatic carbocycles. The molecular weight excluding hydrogens is 316 g/mol. The van der Waals surface area contributed by atoms with Crippen LogP contribution in [0.3, 0.4) is 0 Å². The second-order valence-corrected chi connectivity index (χ2v) is 8.04. The Kier molecular flexibility index (Phi) is 5.36. The number of nitrogens with zero attached hydrogens (tertiary/aromatic N) is 2. The van der Waals surface area contributed by atoms with E-state index in [4.69, 9.17) is 0 Å². The lowest BCUT2D eigenvalue weighted by Crippen LogP contribution is -2.48. The molecule has 1 amide bonds. The number of likely N-dealkylation sites (N-methyl/N-ethyl adjacent to an activating group) is 1. The van der Waals surface area contributed by atoms with Crippen LogP contribution in [0.1, 0.15) is 38.5 Å². The van der Waals surface area contributed by atoms with Gasteiger partial charge in [-0.1, -0.05) is 30.3 Å². The Balaban J connectivity index is 1.64. The van der Waals surface area contributed by atoms with E-state index >= 15 is 0 Å². The van der Waals surface area contributed by atoms with Gasteiger partial charge in [-0.15, -0.1) is 11.3 Å². The molecule has 1 unspecified atom stereocenters. The molecule has 0 aliphatic carbocycles. The van der Waals surface area contributed by atoms with E-state index in [2.05, 4.69) is 49.1 Å². The molecule has 1 atom stereocenters. The quantitative estimate of drug-likeness (QED) is 0.835. The zero-order valence-electron chi connectivity index (χ0n) is 14.8. The number of carbonyl (C=O) groups is 1. The van der Waals surface area contributed by atoms with E-state index in [0.717, 1.165) is 37.4 Å². The predicted octanol–water partition coefficient (Wildman–Crippen LogP) is 4.10. The number of rotatable bonds is 4. The smallest absolute Gasteiger partial charge is 0.263 e. The lowest BCUT2D eigenvalue weighted by molar-refractivity contribution is 0.0614. The SMILES string of the molecule is Cc1cc(C(=O)N(C)C2CCCN(Cc3ccccc3)C2)sc1C. The molecule has 24 heavy (non-hydrogen) atoms. The van der Waals surface area contributed by atoms with Crippen LogP contribution >= 0.6 is 11.3 Å². The minimum Gasteiger partial charge on any atom is -0.337 e. The van der Waals surface area contributed by atoms with Gasteiger partial charge >= 0.3 is 0 Å². The molecule has 0 saturated carbocycles. The summed E-state index contributed by atoms with van der Waals surface area (Å²) < 4.78 is 0. The van der Waals surface area contributed by atoms with Gasteiger partial charge in [-0.3, -0.25) is 9.69 Å². The molecule has 4 heteroatoms. The molecule has 1 aliphatic rings. The summed E-state index contributed by atoms with van der Waals surface area (Å²) in [7, 11) is 1.96. The number of piperidine rings is 1. The van der Waals surface area contributed by atoms with E-state index < -0.39 is 0 Å². The van der Waals surface area contributed by atoms with Crippen LogP contribution in [0.25, 0.3) is 0 Å². The van der Waals surface area contributed by atoms with E-state index in [1.807, 2.05) is 18.0 Å². The fourth-order valence-corrected chi connectivity index (χ4v) is 4.37. The van der Waals surface area contributed by atoms with Gasteiger partial charge in [0.15, 0.2) is 0 Å². The number of hydrogen-bond acceptors (Lipinski definition) is 3. The first-order chi connectivity index (χ1) is 11.5. The van der Waals surface area contributed by atoms with Crippen molar-refractivity contribution in [3.05, 3.63) is 57.3 Å². The zero-order valence-corrected chi connectivity index (χ0v) is 15.6. The van der Waals surface area contributed by atoms with Gasteiger partial charge in [-0.2, -0.15) is 0 Å². The predicted molar refractivity (Wildman–Crippen MR) is 101 cm³/mol. The van der Waals surface area contributed by atoms with Crippen molar-refractivity contribution in [2.75, 3.05) is 20.1 Å². The summed E-state index contributed by atoms with van der Waals surface area (Å²) in [6, 6.07) is 12.9. The zero-order chi connectivity index (χ0) is 17.1. The van der Waals surface area contributed by atoms with Gasteiger partial charge in [0.2, 0.25) is 0 Å². The maximum Gasteiger partial charge on any atom is 0.263 e. The van der Waals surface area contributed by atoms with E-state index in [0.29, 0.717) is 6.04 Å². The number of aryl methyl sites for hydroxylation is 2. The Morgan fingerprint density at radius 3 is 2.71 bits per heavy atom. The van der Waals surface area contributed by atoms with E-state index in [1.54, 1.807) is 11.3 Å². The topological polar surface area (TPSA) is 23.6 Å². The van der Waals surface area contributed by atoms with Gasteiger partial charge in [-0.25, -0.2) is 0 Å². The number of hydrogen-bond donors (Lipinski definition) is 0. The van der Waals surface area contributed by atoms with Crippen molar-refractivity contribution >= 4 is 17.2 Å². The third kappa shape index (κ3) is 3.87. The van der Waals surface area contributed by atoms with Gasteiger partial charge in [0.1, 0.15) is 0 Å². The summed E-state index contributed by atoms with van der Waals surface area (Å²) in [6.45, 7) is 7.20. The summed E-state index contributed by atoms with van der Waals surface area (Å²) in [4.78, 5) is 19.3. The first kappa shape index (κ1) is 17.2. The van der Waals surface area contributed by atoms with Crippen molar-refractivity contribution in [1.82, 2.24) is 9.80 Å². The Morgan fingerprint density at radius 2 is 2.04 bits per heavy atom. The summed E-state index contributed by atoms with van der Waals surface area (Å²) >= 11 is 1.61. The summed E-state index contributed by atoms with van der Waals surface area (Å²) in [5.41, 5.74) is 2.56. The fraction of sp³-hybridized carbons (Fsp3) is 0.450. The van der Waals surface area contributed by atoms with Crippen molar-refractivity contribution in [3.63, 3.8) is 0 Å². The summed E-state index contributed by atoms with van der Waals surface area (Å²) in [5.74, 6) is 0.169. The van der Waals surface area contributed by atoms with Gasteiger partial charge < -0.3 is 4.90 Å². The third-order valence-corrected chi connectivity index (χ3v) is 6.12. The molecule has 0 spiro atoms. The molecule has 128 valence electrons. The lowest BCUT2D eigenvalue weighted by Gasteiger charge is -2.37. The lowest BCUT2D eigenvalue weighted by atomic mass is 10.0. The largest absolute Gasteiger partial charge is 0.337 e. The summed E-state index contributed by atoms with van der Waals surface area (Å²) in [6.07, 6.45) is 2.24. The molecule has 0 N–H and O–H groups in total. The third-order valence-electron chi connectivity index (χ3n) is 4.97. The van der Waals surface area contributed by atoms with Crippen molar-refractivity contribution in [3.8, 4) is 0 Å². The van der Waals surface area contributed by atoms with Crippen LogP contribution in [-0.4, -0.2) is 41.9 Å². The molecule has 3 rings (SSSR count). The molecule has 2 heterocycles. The standard InChI is InChI=1S/C20H26N2OS/c1-15-12-19(24-16(15)2)20(23)21(3)18-10-7-11-22(14-18)13-17-8-5-4-6-9-17/h4-6,8-9,12,18H,7,10-11,13-14H2,1-3H3. The van der Waals surface area contributed by atoms with Crippen LogP contribution in [0.5, 0.6) is 0 Å². The number of carbonyl (C=O) groups excluding carboxylic acids is 1. The van der Waals surface area contributed by atoms with Gasteiger partial charge in [0.05, 0.1) is 4.88 Å². The number of thiophene rings is 1. The Labute approximate surface area is 148 Å². The maximum atomic E-state index is 12.8. The first-order valence-electron chi connectivity index (χ1n) is 8.65. The normalized spacial score (nSPS) is 18.5. The van der Waals surface area contributed by atoms with Crippen LogP contribution in [0.2, 0.25) is 0 Å². The van der Waals surface area contributed by atoms with Gasteiger partial charge in [-0.05, 0) is 50.4 Å². The number of likely N-dealkylation sites (tertiary alicyclic amines) is 1. The second kappa shape index (κ2) is 7.49. The fourth-order valence-electron chi connectivity index (χ4n) is 3.35. The average Bonchev–Trinajstić information content (AvgIpc) is 2.94. The first-order valence-corrected chi connectivity index (χ1v) is 9.46. The minimum absolute atomic E-state index is 0.169. The van der Waals surface area contributed by atoms with Crippen molar-refractivity contribution < 1.29 is 4.79 Å². The summed E-state index contributed by atoms with van der Waals surface area (Å²) in [5, 5.41) is 0. The van der Waals surface area contributed by atoms with Crippen molar-refractivity contribution in [2.24, 2.45) is 0 Å². The molecule has 0 radical (unpaired) electrons. The molecule has 0 bridgehead atoms. The highest BCUT2D eigenvalue weighted by molar-refractivity contribution is 7.14.